The van der Waals surface area contributed by atoms with E-state index >= 15 is 0 Å². The van der Waals surface area contributed by atoms with Crippen molar-refractivity contribution in [2.45, 2.75) is 6.54 Å². The molecular weight excluding hydrogens is 415 g/mol. The molecule has 0 saturated heterocycles. The molecule has 138 valence electrons. The number of rotatable bonds is 6. The van der Waals surface area contributed by atoms with Crippen molar-refractivity contribution in [3.8, 4) is 5.75 Å². The first kappa shape index (κ1) is 18.8. The zero-order chi connectivity index (χ0) is 19.2. The van der Waals surface area contributed by atoms with Crippen molar-refractivity contribution in [2.24, 2.45) is 5.10 Å². The Morgan fingerprint density at radius 1 is 1.37 bits per heavy atom. The maximum atomic E-state index is 13.6. The third-order valence-corrected chi connectivity index (χ3v) is 4.15. The fraction of sp³-hybridized carbons (Fsp3) is 0.105. The molecule has 6 nitrogen and oxygen atoms in total. The number of nitrogens with zero attached hydrogens (tertiary/aromatic N) is 3. The monoisotopic (exact) mass is 430 g/mol. The lowest BCUT2D eigenvalue weighted by atomic mass is 10.1. The predicted octanol–water partition coefficient (Wildman–Crippen LogP) is 3.61. The normalized spacial score (nSPS) is 10.9. The van der Waals surface area contributed by atoms with E-state index in [2.05, 4.69) is 31.6 Å². The number of hydrogen-bond acceptors (Lipinski definition) is 4. The minimum Gasteiger partial charge on any atom is -0.496 e. The molecule has 0 aliphatic heterocycles. The van der Waals surface area contributed by atoms with E-state index in [0.29, 0.717) is 12.3 Å². The van der Waals surface area contributed by atoms with Gasteiger partial charge in [0, 0.05) is 11.8 Å². The van der Waals surface area contributed by atoms with Gasteiger partial charge < -0.3 is 4.74 Å². The number of carbonyl (C=O) groups excluding carboxylic acids is 1. The molecule has 3 aromatic rings. The van der Waals surface area contributed by atoms with Crippen molar-refractivity contribution in [3.05, 3.63) is 81.8 Å². The van der Waals surface area contributed by atoms with Gasteiger partial charge in [-0.1, -0.05) is 12.1 Å². The molecule has 2 aromatic carbocycles. The van der Waals surface area contributed by atoms with Crippen LogP contribution in [-0.2, 0) is 6.54 Å². The minimum atomic E-state index is -0.612. The smallest absolute Gasteiger partial charge is 0.274 e. The van der Waals surface area contributed by atoms with Crippen LogP contribution in [0.1, 0.15) is 21.5 Å². The van der Waals surface area contributed by atoms with Gasteiger partial charge in [0.15, 0.2) is 0 Å². The summed E-state index contributed by atoms with van der Waals surface area (Å²) in [5.41, 5.74) is 3.92. The van der Waals surface area contributed by atoms with Gasteiger partial charge in [0.25, 0.3) is 5.91 Å². The van der Waals surface area contributed by atoms with E-state index in [9.17, 15) is 9.18 Å². The first-order chi connectivity index (χ1) is 13.1. The average molecular weight is 431 g/mol. The maximum absolute atomic E-state index is 13.6. The summed E-state index contributed by atoms with van der Waals surface area (Å²) in [6.45, 7) is 0.512. The fourth-order valence-corrected chi connectivity index (χ4v) is 2.80. The van der Waals surface area contributed by atoms with Crippen molar-refractivity contribution in [3.63, 3.8) is 0 Å². The van der Waals surface area contributed by atoms with Gasteiger partial charge >= 0.3 is 0 Å². The van der Waals surface area contributed by atoms with Crippen molar-refractivity contribution >= 4 is 28.1 Å². The molecule has 0 spiro atoms. The first-order valence-corrected chi connectivity index (χ1v) is 8.79. The van der Waals surface area contributed by atoms with Gasteiger partial charge in [-0.05, 0) is 51.8 Å². The fourth-order valence-electron chi connectivity index (χ4n) is 2.47. The van der Waals surface area contributed by atoms with E-state index < -0.39 is 11.7 Å². The summed E-state index contributed by atoms with van der Waals surface area (Å²) in [7, 11) is 1.60. The molecule has 27 heavy (non-hydrogen) atoms. The number of hydrazone groups is 1. The molecule has 1 aromatic heterocycles. The van der Waals surface area contributed by atoms with Gasteiger partial charge in [-0.15, -0.1) is 0 Å². The lowest BCUT2D eigenvalue weighted by Crippen LogP contribution is -2.18. The number of carbonyl (C=O) groups is 1. The molecule has 0 aliphatic rings. The van der Waals surface area contributed by atoms with Crippen molar-refractivity contribution in [2.75, 3.05) is 7.11 Å². The first-order valence-electron chi connectivity index (χ1n) is 7.99. The van der Waals surface area contributed by atoms with E-state index in [0.717, 1.165) is 15.6 Å². The van der Waals surface area contributed by atoms with Crippen LogP contribution in [0.25, 0.3) is 0 Å². The van der Waals surface area contributed by atoms with Gasteiger partial charge in [-0.25, -0.2) is 9.82 Å². The minimum absolute atomic E-state index is 0.0608. The second kappa shape index (κ2) is 8.59. The Morgan fingerprint density at radius 2 is 2.19 bits per heavy atom. The van der Waals surface area contributed by atoms with Crippen molar-refractivity contribution < 1.29 is 13.9 Å². The van der Waals surface area contributed by atoms with E-state index in [1.807, 2.05) is 18.3 Å². The van der Waals surface area contributed by atoms with Crippen LogP contribution in [0.5, 0.6) is 5.75 Å². The van der Waals surface area contributed by atoms with Crippen LogP contribution in [0.15, 0.2) is 64.4 Å². The summed E-state index contributed by atoms with van der Waals surface area (Å²) in [4.78, 5) is 12.0. The summed E-state index contributed by atoms with van der Waals surface area (Å²) >= 11 is 3.36. The maximum Gasteiger partial charge on any atom is 0.274 e. The Morgan fingerprint density at radius 3 is 2.89 bits per heavy atom. The quantitative estimate of drug-likeness (QED) is 0.479. The number of hydrogen-bond donors (Lipinski definition) is 1. The molecule has 0 aliphatic carbocycles. The molecule has 3 rings (SSSR count). The summed E-state index contributed by atoms with van der Waals surface area (Å²) in [5, 5.41) is 8.14. The van der Waals surface area contributed by atoms with Gasteiger partial charge in [0.05, 0.1) is 36.1 Å². The molecule has 0 saturated carbocycles. The van der Waals surface area contributed by atoms with Crippen LogP contribution in [0.2, 0.25) is 0 Å². The molecule has 0 unspecified atom stereocenters. The van der Waals surface area contributed by atoms with Gasteiger partial charge in [-0.3, -0.25) is 9.48 Å². The summed E-state index contributed by atoms with van der Waals surface area (Å²) in [5.74, 6) is -0.490. The van der Waals surface area contributed by atoms with Crippen LogP contribution in [-0.4, -0.2) is 29.0 Å². The Hall–Kier alpha value is -3.00. The van der Waals surface area contributed by atoms with E-state index in [1.54, 1.807) is 30.1 Å². The van der Waals surface area contributed by atoms with Crippen LogP contribution in [0, 0.1) is 5.82 Å². The second-order valence-corrected chi connectivity index (χ2v) is 6.52. The molecular formula is C19H16BrFN4O2. The number of ether oxygens (including phenoxy) is 1. The molecule has 1 N–H and O–H groups in total. The third-order valence-electron chi connectivity index (χ3n) is 3.74. The SMILES string of the molecule is COc1ccc(C=NNC(=O)c2ccccc2F)cc1Cn1cc(Br)cn1. The van der Waals surface area contributed by atoms with Crippen LogP contribution in [0.4, 0.5) is 4.39 Å². The number of benzene rings is 2. The lowest BCUT2D eigenvalue weighted by Gasteiger charge is -2.09. The molecule has 0 bridgehead atoms. The number of amides is 1. The summed E-state index contributed by atoms with van der Waals surface area (Å²) < 4.78 is 21.6. The Labute approximate surface area is 163 Å². The second-order valence-electron chi connectivity index (χ2n) is 5.61. The standard InChI is InChI=1S/C19H16BrFN4O2/c1-27-18-7-6-13(8-14(18)11-25-12-15(20)10-23-25)9-22-24-19(26)16-4-2-3-5-17(16)21/h2-10,12H,11H2,1H3,(H,24,26). The van der Waals surface area contributed by atoms with Gasteiger partial charge in [-0.2, -0.15) is 10.2 Å². The molecule has 8 heteroatoms. The van der Waals surface area contributed by atoms with Gasteiger partial charge in [0.2, 0.25) is 0 Å². The molecule has 0 atom stereocenters. The van der Waals surface area contributed by atoms with E-state index in [1.165, 1.54) is 24.4 Å². The highest BCUT2D eigenvalue weighted by Gasteiger charge is 2.09. The number of halogens is 2. The third kappa shape index (κ3) is 4.79. The average Bonchev–Trinajstić information content (AvgIpc) is 3.07. The molecule has 0 fully saturated rings. The number of nitrogens with one attached hydrogen (secondary N) is 1. The lowest BCUT2D eigenvalue weighted by molar-refractivity contribution is 0.0951. The highest BCUT2D eigenvalue weighted by molar-refractivity contribution is 9.10. The predicted molar refractivity (Wildman–Crippen MR) is 103 cm³/mol. The molecule has 0 radical (unpaired) electrons. The van der Waals surface area contributed by atoms with Crippen LogP contribution in [0.3, 0.4) is 0 Å². The Kier molecular flexibility index (Phi) is 5.97. The topological polar surface area (TPSA) is 68.5 Å². The van der Waals surface area contributed by atoms with E-state index in [4.69, 9.17) is 4.74 Å². The highest BCUT2D eigenvalue weighted by atomic mass is 79.9. The highest BCUT2D eigenvalue weighted by Crippen LogP contribution is 2.21. The largest absolute Gasteiger partial charge is 0.496 e. The zero-order valence-corrected chi connectivity index (χ0v) is 16.0. The number of methoxy groups -OCH3 is 1. The Bertz CT molecular complexity index is 987. The van der Waals surface area contributed by atoms with Crippen LogP contribution >= 0.6 is 15.9 Å². The van der Waals surface area contributed by atoms with E-state index in [-0.39, 0.29) is 5.56 Å². The molecule has 1 amide bonds. The zero-order valence-electron chi connectivity index (χ0n) is 14.4. The van der Waals surface area contributed by atoms with Gasteiger partial charge in [0.1, 0.15) is 11.6 Å². The van der Waals surface area contributed by atoms with Crippen LogP contribution < -0.4 is 10.2 Å². The number of aromatic nitrogens is 2. The summed E-state index contributed by atoms with van der Waals surface area (Å²) in [6.07, 6.45) is 5.05. The summed E-state index contributed by atoms with van der Waals surface area (Å²) in [6, 6.07) is 11.2. The molecule has 1 heterocycles. The van der Waals surface area contributed by atoms with Crippen molar-refractivity contribution in [1.29, 1.82) is 0 Å². The Balaban J connectivity index is 1.73. The van der Waals surface area contributed by atoms with Crippen molar-refractivity contribution in [1.82, 2.24) is 15.2 Å².